The summed E-state index contributed by atoms with van der Waals surface area (Å²) < 4.78 is 24.9. The average Bonchev–Trinajstić information content (AvgIpc) is 3.19. The smallest absolute Gasteiger partial charge is 0.308 e. The molecule has 292 valence electrons. The third-order valence-electron chi connectivity index (χ3n) is 9.70. The van der Waals surface area contributed by atoms with E-state index in [-0.39, 0.29) is 61.8 Å². The predicted molar refractivity (Wildman–Crippen MR) is 214 cm³/mol. The molecule has 0 saturated heterocycles. The second-order valence-electron chi connectivity index (χ2n) is 14.0. The van der Waals surface area contributed by atoms with E-state index < -0.39 is 21.8 Å². The molecule has 6 aromatic carbocycles. The van der Waals surface area contributed by atoms with E-state index >= 15 is 0 Å². The molecule has 0 heterocycles. The number of rotatable bonds is 10. The van der Waals surface area contributed by atoms with Gasteiger partial charge in [0.2, 0.25) is 0 Å². The molecule has 0 unspecified atom stereocenters. The highest BCUT2D eigenvalue weighted by Gasteiger charge is 2.27. The van der Waals surface area contributed by atoms with Crippen molar-refractivity contribution in [3.63, 3.8) is 0 Å². The second-order valence-corrected chi connectivity index (χ2v) is 14.0. The van der Waals surface area contributed by atoms with Gasteiger partial charge < -0.3 is 18.9 Å². The number of hydrogen-bond donors (Lipinski definition) is 0. The van der Waals surface area contributed by atoms with Gasteiger partial charge in [-0.2, -0.15) is 0 Å². The Labute approximate surface area is 333 Å². The van der Waals surface area contributed by atoms with Gasteiger partial charge in [-0.15, -0.1) is 0 Å². The summed E-state index contributed by atoms with van der Waals surface area (Å²) >= 11 is 0. The topological polar surface area (TPSA) is 157 Å². The van der Waals surface area contributed by atoms with Crippen molar-refractivity contribution in [2.75, 3.05) is 0 Å². The van der Waals surface area contributed by atoms with Crippen molar-refractivity contribution in [1.29, 1.82) is 0 Å². The van der Waals surface area contributed by atoms with E-state index in [1.54, 1.807) is 12.1 Å². The minimum Gasteiger partial charge on any atom is -0.488 e. The molecule has 0 N–H and O–H groups in total. The minimum atomic E-state index is -0.604. The van der Waals surface area contributed by atoms with Gasteiger partial charge in [-0.05, 0) is 33.4 Å². The van der Waals surface area contributed by atoms with Crippen molar-refractivity contribution in [3.05, 3.63) is 197 Å². The number of ether oxygens (including phenoxy) is 4. The number of para-hydroxylation sites is 2. The molecule has 1 aliphatic rings. The summed E-state index contributed by atoms with van der Waals surface area (Å²) in [6, 6.07) is 35.4. The van der Waals surface area contributed by atoms with Gasteiger partial charge >= 0.3 is 11.9 Å². The highest BCUT2D eigenvalue weighted by Crippen LogP contribution is 2.41. The lowest BCUT2D eigenvalue weighted by molar-refractivity contribution is -0.385. The third-order valence-corrected chi connectivity index (χ3v) is 9.70. The summed E-state index contributed by atoms with van der Waals surface area (Å²) in [5, 5.41) is 25.0. The van der Waals surface area contributed by atoms with Crippen LogP contribution in [0.15, 0.2) is 121 Å². The number of non-ortho nitro benzene ring substituents is 2. The molecule has 12 heteroatoms. The number of nitro benzene ring substituents is 2. The van der Waals surface area contributed by atoms with Gasteiger partial charge in [-0.1, -0.05) is 97.1 Å². The van der Waals surface area contributed by atoms with Crippen molar-refractivity contribution < 1.29 is 38.4 Å². The van der Waals surface area contributed by atoms with E-state index in [0.29, 0.717) is 56.0 Å². The van der Waals surface area contributed by atoms with Crippen LogP contribution in [-0.4, -0.2) is 21.8 Å². The molecule has 0 fully saturated rings. The second kappa shape index (κ2) is 17.2. The van der Waals surface area contributed by atoms with E-state index in [1.165, 1.54) is 38.1 Å². The zero-order valence-electron chi connectivity index (χ0n) is 31.8. The van der Waals surface area contributed by atoms with Gasteiger partial charge in [0.25, 0.3) is 11.4 Å². The number of carbonyl (C=O) groups is 2. The first kappa shape index (κ1) is 38.9. The van der Waals surface area contributed by atoms with E-state index in [9.17, 15) is 29.8 Å². The Kier molecular flexibility index (Phi) is 11.5. The van der Waals surface area contributed by atoms with Crippen LogP contribution in [-0.2, 0) is 48.5 Å². The molecule has 58 heavy (non-hydrogen) atoms. The third kappa shape index (κ3) is 9.03. The summed E-state index contributed by atoms with van der Waals surface area (Å²) in [6.45, 7) is 2.86. The fourth-order valence-electron chi connectivity index (χ4n) is 7.24. The van der Waals surface area contributed by atoms with Crippen LogP contribution < -0.4 is 18.9 Å². The van der Waals surface area contributed by atoms with Gasteiger partial charge in [0.05, 0.1) is 9.85 Å². The Hall–Kier alpha value is -7.34. The van der Waals surface area contributed by atoms with Crippen LogP contribution in [0.4, 0.5) is 11.4 Å². The number of esters is 2. The number of hydrogen-bond acceptors (Lipinski definition) is 10. The van der Waals surface area contributed by atoms with Gasteiger partial charge in [0.1, 0.15) is 36.2 Å². The zero-order chi connectivity index (χ0) is 40.8. The summed E-state index contributed by atoms with van der Waals surface area (Å²) in [4.78, 5) is 49.5. The Balaban J connectivity index is 1.50. The molecule has 1 aliphatic carbocycles. The average molecular weight is 779 g/mol. The van der Waals surface area contributed by atoms with Crippen molar-refractivity contribution >= 4 is 23.3 Å². The Bertz CT molecular complexity index is 2270. The quantitative estimate of drug-likeness (QED) is 0.0567. The number of benzene rings is 6. The Morgan fingerprint density at radius 3 is 1.05 bits per heavy atom. The van der Waals surface area contributed by atoms with Crippen molar-refractivity contribution in [3.8, 4) is 23.0 Å². The molecule has 6 aromatic rings. The first-order valence-corrected chi connectivity index (χ1v) is 18.5. The highest BCUT2D eigenvalue weighted by molar-refractivity contribution is 5.73. The number of carbonyl (C=O) groups excluding carboxylic acids is 2. The monoisotopic (exact) mass is 778 g/mol. The number of nitro groups is 2. The molecule has 0 spiro atoms. The maximum absolute atomic E-state index is 12.7. The molecule has 0 aromatic heterocycles. The van der Waals surface area contributed by atoms with Crippen LogP contribution >= 0.6 is 0 Å². The molecule has 0 aliphatic heterocycles. The molecule has 8 bridgehead atoms. The molecular formula is C46H38N2O10. The van der Waals surface area contributed by atoms with Crippen LogP contribution in [0.1, 0.15) is 69.5 Å². The molecule has 0 amide bonds. The zero-order valence-corrected chi connectivity index (χ0v) is 31.8. The summed E-state index contributed by atoms with van der Waals surface area (Å²) in [6.07, 6.45) is 0.181. The lowest BCUT2D eigenvalue weighted by atomic mass is 9.90. The van der Waals surface area contributed by atoms with Gasteiger partial charge in [-0.25, -0.2) is 0 Å². The maximum atomic E-state index is 12.7. The first-order valence-electron chi connectivity index (χ1n) is 18.5. The summed E-state index contributed by atoms with van der Waals surface area (Å²) in [5.74, 6) is -0.00301. The Morgan fingerprint density at radius 2 is 0.776 bits per heavy atom. The van der Waals surface area contributed by atoms with Gasteiger partial charge in [0, 0.05) is 86.1 Å². The van der Waals surface area contributed by atoms with Crippen LogP contribution in [0.25, 0.3) is 0 Å². The Morgan fingerprint density at radius 1 is 0.466 bits per heavy atom. The van der Waals surface area contributed by atoms with Gasteiger partial charge in [-0.3, -0.25) is 29.8 Å². The first-order chi connectivity index (χ1) is 28.0. The molecule has 0 radical (unpaired) electrons. The fraction of sp³-hybridized carbons (Fsp3) is 0.174. The van der Waals surface area contributed by atoms with Crippen LogP contribution in [0.2, 0.25) is 0 Å². The van der Waals surface area contributed by atoms with E-state index in [0.717, 1.165) is 11.1 Å². The minimum absolute atomic E-state index is 0.0453. The largest absolute Gasteiger partial charge is 0.488 e. The number of fused-ring (bicyclic) bond motifs is 8. The highest BCUT2D eigenvalue weighted by atomic mass is 16.6. The van der Waals surface area contributed by atoms with Gasteiger partial charge in [0.15, 0.2) is 0 Å². The molecule has 7 rings (SSSR count). The maximum Gasteiger partial charge on any atom is 0.308 e. The van der Waals surface area contributed by atoms with Crippen LogP contribution in [0.3, 0.4) is 0 Å². The summed E-state index contributed by atoms with van der Waals surface area (Å²) in [5.41, 5.74) is 5.25. The lowest BCUT2D eigenvalue weighted by Gasteiger charge is -2.22. The normalized spacial score (nSPS) is 11.9. The molecule has 12 nitrogen and oxygen atoms in total. The fourth-order valence-corrected chi connectivity index (χ4v) is 7.24. The van der Waals surface area contributed by atoms with Crippen LogP contribution in [0, 0.1) is 20.2 Å². The van der Waals surface area contributed by atoms with E-state index in [1.807, 2.05) is 84.9 Å². The predicted octanol–water partition coefficient (Wildman–Crippen LogP) is 9.19. The van der Waals surface area contributed by atoms with Crippen molar-refractivity contribution in [1.82, 2.24) is 0 Å². The lowest BCUT2D eigenvalue weighted by Crippen LogP contribution is -2.12. The number of nitrogens with zero attached hydrogens (tertiary/aromatic N) is 2. The van der Waals surface area contributed by atoms with Crippen molar-refractivity contribution in [2.45, 2.75) is 52.7 Å². The van der Waals surface area contributed by atoms with E-state index in [2.05, 4.69) is 0 Å². The summed E-state index contributed by atoms with van der Waals surface area (Å²) in [7, 11) is 0. The van der Waals surface area contributed by atoms with E-state index in [4.69, 9.17) is 18.9 Å². The van der Waals surface area contributed by atoms with Crippen LogP contribution in [0.5, 0.6) is 23.0 Å². The molecule has 0 saturated carbocycles. The van der Waals surface area contributed by atoms with Crippen molar-refractivity contribution in [2.24, 2.45) is 0 Å². The standard InChI is InChI=1S/C46H38N2O10/c1-29(49)57-45-37-19-33-15-9-17-35(43(33)55-27-31-11-5-3-6-12-31)21-39-25-42(48(53)54)26-40(46(39)58-30(2)50)22-36-18-10-16-34(20-38(45)24-41(23-37)47(51)52)44(36)56-28-32-13-7-4-8-14-32/h3-18,23-26H,19-22,27-28H2,1-2H3. The molecular weight excluding hydrogens is 741 g/mol. The SMILES string of the molecule is CC(=O)Oc1c2cc([N+](=O)[O-])cc1Cc1cccc(c1OCc1ccccc1)Cc1cc([N+](=O)[O-])cc(c1OC(C)=O)Cc1cccc(c1OCc1ccccc1)C2. The molecule has 0 atom stereocenters.